The van der Waals surface area contributed by atoms with E-state index in [1.54, 1.807) is 26.4 Å². The van der Waals surface area contributed by atoms with Crippen LogP contribution < -0.4 is 14.8 Å². The largest absolute Gasteiger partial charge is 0.508 e. The first kappa shape index (κ1) is 18.1. The maximum atomic E-state index is 9.33. The van der Waals surface area contributed by atoms with Crippen LogP contribution in [-0.2, 0) is 6.42 Å². The molecule has 0 amide bonds. The third kappa shape index (κ3) is 4.90. The van der Waals surface area contributed by atoms with Crippen LogP contribution in [0.3, 0.4) is 0 Å². The topological polar surface area (TPSA) is 50.7 Å². The maximum Gasteiger partial charge on any atom is 0.161 e. The zero-order chi connectivity index (χ0) is 17.5. The highest BCUT2D eigenvalue weighted by atomic mass is 16.5. The van der Waals surface area contributed by atoms with Crippen LogP contribution in [0.1, 0.15) is 37.4 Å². The molecule has 0 fully saturated rings. The fraction of sp³-hybridized carbons (Fsp3) is 0.400. The Bertz CT molecular complexity index is 640. The van der Waals surface area contributed by atoms with Gasteiger partial charge in [-0.3, -0.25) is 0 Å². The number of hydrogen-bond acceptors (Lipinski definition) is 4. The number of methoxy groups -OCH3 is 2. The summed E-state index contributed by atoms with van der Waals surface area (Å²) in [6, 6.07) is 14.0. The van der Waals surface area contributed by atoms with Gasteiger partial charge in [0.15, 0.2) is 11.5 Å². The van der Waals surface area contributed by atoms with Crippen molar-refractivity contribution in [1.82, 2.24) is 5.32 Å². The van der Waals surface area contributed by atoms with Gasteiger partial charge in [0.25, 0.3) is 0 Å². The van der Waals surface area contributed by atoms with Crippen molar-refractivity contribution < 1.29 is 14.6 Å². The van der Waals surface area contributed by atoms with Crippen molar-refractivity contribution in [3.8, 4) is 17.2 Å². The lowest BCUT2D eigenvalue weighted by Gasteiger charge is -2.21. The van der Waals surface area contributed by atoms with E-state index in [9.17, 15) is 5.11 Å². The molecule has 0 spiro atoms. The van der Waals surface area contributed by atoms with Gasteiger partial charge in [-0.15, -0.1) is 0 Å². The number of benzene rings is 2. The van der Waals surface area contributed by atoms with Crippen molar-refractivity contribution in [2.45, 2.75) is 38.8 Å². The fourth-order valence-corrected chi connectivity index (χ4v) is 2.77. The number of phenolic OH excluding ortho intramolecular Hbond substituents is 1. The van der Waals surface area contributed by atoms with E-state index in [1.807, 2.05) is 24.3 Å². The average Bonchev–Trinajstić information content (AvgIpc) is 2.60. The molecule has 0 saturated carbocycles. The van der Waals surface area contributed by atoms with Crippen molar-refractivity contribution in [3.05, 3.63) is 53.6 Å². The van der Waals surface area contributed by atoms with Crippen molar-refractivity contribution in [1.29, 1.82) is 0 Å². The minimum atomic E-state index is 0.222. The number of phenols is 1. The first-order valence-electron chi connectivity index (χ1n) is 8.29. The van der Waals surface area contributed by atoms with Crippen LogP contribution in [0, 0.1) is 0 Å². The van der Waals surface area contributed by atoms with E-state index in [-0.39, 0.29) is 6.04 Å². The molecule has 130 valence electrons. The molecular formula is C20H27NO3. The molecule has 2 aromatic rings. The van der Waals surface area contributed by atoms with Crippen LogP contribution in [0.5, 0.6) is 17.2 Å². The second-order valence-electron chi connectivity index (χ2n) is 6.11. The number of aromatic hydroxyl groups is 1. The zero-order valence-corrected chi connectivity index (χ0v) is 14.9. The van der Waals surface area contributed by atoms with Gasteiger partial charge in [0.2, 0.25) is 0 Å². The minimum Gasteiger partial charge on any atom is -0.508 e. The molecule has 2 atom stereocenters. The quantitative estimate of drug-likeness (QED) is 0.766. The van der Waals surface area contributed by atoms with Crippen LogP contribution in [0.25, 0.3) is 0 Å². The Labute approximate surface area is 144 Å². The van der Waals surface area contributed by atoms with Crippen molar-refractivity contribution in [2.75, 3.05) is 14.2 Å². The molecule has 0 aliphatic carbocycles. The Morgan fingerprint density at radius 1 is 0.958 bits per heavy atom. The highest BCUT2D eigenvalue weighted by molar-refractivity contribution is 5.43. The molecule has 2 N–H and O–H groups in total. The van der Waals surface area contributed by atoms with E-state index < -0.39 is 0 Å². The fourth-order valence-electron chi connectivity index (χ4n) is 2.77. The summed E-state index contributed by atoms with van der Waals surface area (Å²) < 4.78 is 10.7. The Morgan fingerprint density at radius 2 is 1.62 bits per heavy atom. The molecule has 0 aliphatic heterocycles. The van der Waals surface area contributed by atoms with Gasteiger partial charge in [0.1, 0.15) is 5.75 Å². The van der Waals surface area contributed by atoms with Gasteiger partial charge >= 0.3 is 0 Å². The van der Waals surface area contributed by atoms with Crippen molar-refractivity contribution >= 4 is 0 Å². The third-order valence-electron chi connectivity index (χ3n) is 4.24. The van der Waals surface area contributed by atoms with Gasteiger partial charge in [-0.05, 0) is 62.1 Å². The molecule has 0 aliphatic rings. The molecule has 2 aromatic carbocycles. The van der Waals surface area contributed by atoms with Crippen molar-refractivity contribution in [3.63, 3.8) is 0 Å². The molecule has 0 saturated heterocycles. The van der Waals surface area contributed by atoms with Crippen LogP contribution in [0.4, 0.5) is 0 Å². The summed E-state index contributed by atoms with van der Waals surface area (Å²) in [4.78, 5) is 0. The second kappa shape index (κ2) is 8.60. The first-order chi connectivity index (χ1) is 11.5. The molecule has 24 heavy (non-hydrogen) atoms. The van der Waals surface area contributed by atoms with E-state index in [4.69, 9.17) is 9.47 Å². The molecule has 0 bridgehead atoms. The van der Waals surface area contributed by atoms with Gasteiger partial charge in [-0.1, -0.05) is 18.2 Å². The zero-order valence-electron chi connectivity index (χ0n) is 14.9. The minimum absolute atomic E-state index is 0.222. The van der Waals surface area contributed by atoms with Crippen LogP contribution >= 0.6 is 0 Å². The smallest absolute Gasteiger partial charge is 0.161 e. The van der Waals surface area contributed by atoms with E-state index >= 15 is 0 Å². The van der Waals surface area contributed by atoms with E-state index in [1.165, 1.54) is 11.1 Å². The SMILES string of the molecule is COc1ccc(C(C)NC(C)CCc2ccc(O)cc2)cc1OC. The summed E-state index contributed by atoms with van der Waals surface area (Å²) in [5, 5.41) is 12.9. The van der Waals surface area contributed by atoms with Crippen LogP contribution in [-0.4, -0.2) is 25.4 Å². The van der Waals surface area contributed by atoms with E-state index in [2.05, 4.69) is 25.2 Å². The molecule has 4 heteroatoms. The Morgan fingerprint density at radius 3 is 2.25 bits per heavy atom. The summed E-state index contributed by atoms with van der Waals surface area (Å²) in [6.45, 7) is 4.34. The predicted octanol–water partition coefficient (Wildman–Crippen LogP) is 4.08. The summed E-state index contributed by atoms with van der Waals surface area (Å²) in [5.74, 6) is 1.81. The van der Waals surface area contributed by atoms with E-state index in [0.29, 0.717) is 11.8 Å². The number of aryl methyl sites for hydroxylation is 1. The maximum absolute atomic E-state index is 9.33. The Kier molecular flexibility index (Phi) is 6.50. The predicted molar refractivity (Wildman–Crippen MR) is 97.0 cm³/mol. The molecular weight excluding hydrogens is 302 g/mol. The van der Waals surface area contributed by atoms with Gasteiger partial charge in [0.05, 0.1) is 14.2 Å². The first-order valence-corrected chi connectivity index (χ1v) is 8.29. The lowest BCUT2D eigenvalue weighted by atomic mass is 10.0. The molecule has 0 heterocycles. The normalized spacial score (nSPS) is 13.3. The third-order valence-corrected chi connectivity index (χ3v) is 4.24. The highest BCUT2D eigenvalue weighted by Crippen LogP contribution is 2.30. The monoisotopic (exact) mass is 329 g/mol. The number of nitrogens with one attached hydrogen (secondary N) is 1. The molecule has 0 aromatic heterocycles. The van der Waals surface area contributed by atoms with Crippen molar-refractivity contribution in [2.24, 2.45) is 0 Å². The van der Waals surface area contributed by atoms with Crippen LogP contribution in [0.2, 0.25) is 0 Å². The number of hydrogen-bond donors (Lipinski definition) is 2. The lowest BCUT2D eigenvalue weighted by molar-refractivity contribution is 0.353. The molecule has 2 unspecified atom stereocenters. The second-order valence-corrected chi connectivity index (χ2v) is 6.11. The van der Waals surface area contributed by atoms with Gasteiger partial charge in [-0.25, -0.2) is 0 Å². The summed E-state index contributed by atoms with van der Waals surface area (Å²) in [7, 11) is 3.30. The summed E-state index contributed by atoms with van der Waals surface area (Å²) in [5.41, 5.74) is 2.41. The Balaban J connectivity index is 1.91. The van der Waals surface area contributed by atoms with Gasteiger partial charge < -0.3 is 19.9 Å². The standard InChI is InChI=1S/C20H27NO3/c1-14(5-6-16-7-10-18(22)11-8-16)21-15(2)17-9-12-19(23-3)20(13-17)24-4/h7-15,21-22H,5-6H2,1-4H3. The Hall–Kier alpha value is -2.20. The van der Waals surface area contributed by atoms with E-state index in [0.717, 1.165) is 24.3 Å². The van der Waals surface area contributed by atoms with Gasteiger partial charge in [-0.2, -0.15) is 0 Å². The summed E-state index contributed by atoms with van der Waals surface area (Å²) in [6.07, 6.45) is 2.01. The summed E-state index contributed by atoms with van der Waals surface area (Å²) >= 11 is 0. The lowest BCUT2D eigenvalue weighted by Crippen LogP contribution is -2.29. The molecule has 4 nitrogen and oxygen atoms in total. The highest BCUT2D eigenvalue weighted by Gasteiger charge is 2.12. The molecule has 2 rings (SSSR count). The number of rotatable bonds is 8. The average molecular weight is 329 g/mol. The van der Waals surface area contributed by atoms with Crippen LogP contribution in [0.15, 0.2) is 42.5 Å². The number of ether oxygens (including phenoxy) is 2. The van der Waals surface area contributed by atoms with Gasteiger partial charge in [0, 0.05) is 12.1 Å². The molecule has 0 radical (unpaired) electrons.